The van der Waals surface area contributed by atoms with Gasteiger partial charge in [-0.25, -0.2) is 0 Å². The van der Waals surface area contributed by atoms with Gasteiger partial charge in [-0.15, -0.1) is 0 Å². The molecule has 0 aliphatic heterocycles. The maximum absolute atomic E-state index is 10.5. The molecule has 1 amide bonds. The summed E-state index contributed by atoms with van der Waals surface area (Å²) in [7, 11) is 0. The van der Waals surface area contributed by atoms with Crippen LogP contribution in [0.1, 0.15) is 44.9 Å². The molecule has 2 N–H and O–H groups in total. The minimum Gasteiger partial charge on any atom is -0.368 e. The van der Waals surface area contributed by atoms with Crippen molar-refractivity contribution in [2.24, 2.45) is 5.73 Å². The highest BCUT2D eigenvalue weighted by Crippen LogP contribution is 2.19. The molecule has 0 aromatic carbocycles. The van der Waals surface area contributed by atoms with E-state index in [0.717, 1.165) is 12.8 Å². The first kappa shape index (κ1) is 10.5. The van der Waals surface area contributed by atoms with Gasteiger partial charge in [-0.3, -0.25) is 4.79 Å². The molecule has 0 spiro atoms. The van der Waals surface area contributed by atoms with Crippen LogP contribution < -0.4 is 5.73 Å². The van der Waals surface area contributed by atoms with Crippen LogP contribution >= 0.6 is 0 Å². The number of hydrogen-bond acceptors (Lipinski definition) is 2. The van der Waals surface area contributed by atoms with Crippen molar-refractivity contribution in [1.82, 2.24) is 0 Å². The van der Waals surface area contributed by atoms with E-state index < -0.39 is 0 Å². The summed E-state index contributed by atoms with van der Waals surface area (Å²) in [4.78, 5) is 10.5. The van der Waals surface area contributed by atoms with Crippen molar-refractivity contribution < 1.29 is 9.53 Å². The molecular formula is C10H19NO2. The molecule has 0 saturated heterocycles. The third kappa shape index (κ3) is 4.88. The van der Waals surface area contributed by atoms with Crippen molar-refractivity contribution in [1.29, 1.82) is 0 Å². The third-order valence-electron chi connectivity index (χ3n) is 2.51. The van der Waals surface area contributed by atoms with Crippen LogP contribution in [0.15, 0.2) is 0 Å². The molecule has 0 atom stereocenters. The zero-order valence-electron chi connectivity index (χ0n) is 8.13. The van der Waals surface area contributed by atoms with Crippen molar-refractivity contribution in [2.75, 3.05) is 6.61 Å². The zero-order chi connectivity index (χ0) is 9.52. The molecule has 13 heavy (non-hydrogen) atoms. The molecule has 0 aromatic heterocycles. The summed E-state index contributed by atoms with van der Waals surface area (Å²) in [5, 5.41) is 0. The highest BCUT2D eigenvalue weighted by atomic mass is 16.5. The molecule has 0 heterocycles. The fraction of sp³-hybridized carbons (Fsp3) is 0.900. The first-order valence-corrected chi connectivity index (χ1v) is 5.19. The van der Waals surface area contributed by atoms with Gasteiger partial charge in [-0.2, -0.15) is 0 Å². The highest BCUT2D eigenvalue weighted by molar-refractivity contribution is 5.74. The second kappa shape index (κ2) is 5.97. The Balaban J connectivity index is 2.17. The minimum atomic E-state index is -0.359. The van der Waals surface area contributed by atoms with E-state index in [9.17, 15) is 4.79 Å². The Morgan fingerprint density at radius 3 is 2.23 bits per heavy atom. The average molecular weight is 185 g/mol. The predicted octanol–water partition coefficient (Wildman–Crippen LogP) is 1.60. The lowest BCUT2D eigenvalue weighted by molar-refractivity contribution is -0.124. The third-order valence-corrected chi connectivity index (χ3v) is 2.51. The molecule has 1 fully saturated rings. The SMILES string of the molecule is NC(=O)COC1CCCCCCC1. The molecule has 0 radical (unpaired) electrons. The number of rotatable bonds is 3. The standard InChI is InChI=1S/C10H19NO2/c11-10(12)8-13-9-6-4-2-1-3-5-7-9/h9H,1-8H2,(H2,11,12). The van der Waals surface area contributed by atoms with E-state index in [4.69, 9.17) is 10.5 Å². The van der Waals surface area contributed by atoms with Crippen molar-refractivity contribution >= 4 is 5.91 Å². The summed E-state index contributed by atoms with van der Waals surface area (Å²) in [5.41, 5.74) is 5.02. The molecule has 76 valence electrons. The molecule has 1 aliphatic rings. The Hall–Kier alpha value is -0.570. The van der Waals surface area contributed by atoms with Gasteiger partial charge in [0.05, 0.1) is 6.10 Å². The fourth-order valence-electron chi connectivity index (χ4n) is 1.79. The van der Waals surface area contributed by atoms with Crippen LogP contribution in [0.5, 0.6) is 0 Å². The van der Waals surface area contributed by atoms with Gasteiger partial charge in [0.2, 0.25) is 5.91 Å². The van der Waals surface area contributed by atoms with Crippen molar-refractivity contribution in [2.45, 2.75) is 51.0 Å². The Bertz CT molecular complexity index is 151. The fourth-order valence-corrected chi connectivity index (χ4v) is 1.79. The average Bonchev–Trinajstić information content (AvgIpc) is 2.01. The lowest BCUT2D eigenvalue weighted by Gasteiger charge is -2.19. The molecule has 1 rings (SSSR count). The lowest BCUT2D eigenvalue weighted by atomic mass is 9.99. The molecule has 0 bridgehead atoms. The smallest absolute Gasteiger partial charge is 0.243 e. The Morgan fingerprint density at radius 2 is 1.69 bits per heavy atom. The van der Waals surface area contributed by atoms with Crippen molar-refractivity contribution in [3.05, 3.63) is 0 Å². The van der Waals surface area contributed by atoms with Gasteiger partial charge in [-0.05, 0) is 12.8 Å². The van der Waals surface area contributed by atoms with Gasteiger partial charge < -0.3 is 10.5 Å². The molecule has 3 nitrogen and oxygen atoms in total. The van der Waals surface area contributed by atoms with Gasteiger partial charge in [0.1, 0.15) is 6.61 Å². The predicted molar refractivity (Wildman–Crippen MR) is 51.3 cm³/mol. The monoisotopic (exact) mass is 185 g/mol. The molecular weight excluding hydrogens is 166 g/mol. The Kier molecular flexibility index (Phi) is 4.83. The van der Waals surface area contributed by atoms with E-state index in [1.807, 2.05) is 0 Å². The van der Waals surface area contributed by atoms with E-state index in [0.29, 0.717) is 0 Å². The maximum Gasteiger partial charge on any atom is 0.243 e. The molecule has 3 heteroatoms. The number of carbonyl (C=O) groups is 1. The van der Waals surface area contributed by atoms with Crippen LogP contribution in [-0.4, -0.2) is 18.6 Å². The van der Waals surface area contributed by atoms with E-state index in [2.05, 4.69) is 0 Å². The van der Waals surface area contributed by atoms with Gasteiger partial charge >= 0.3 is 0 Å². The summed E-state index contributed by atoms with van der Waals surface area (Å²) in [6.45, 7) is 0.0880. The normalized spacial score (nSPS) is 20.6. The number of amides is 1. The largest absolute Gasteiger partial charge is 0.368 e. The van der Waals surface area contributed by atoms with Crippen LogP contribution in [0.2, 0.25) is 0 Å². The number of carbonyl (C=O) groups excluding carboxylic acids is 1. The number of hydrogen-bond donors (Lipinski definition) is 1. The van der Waals surface area contributed by atoms with Gasteiger partial charge in [0.15, 0.2) is 0 Å². The Labute approximate surface area is 79.6 Å². The van der Waals surface area contributed by atoms with E-state index >= 15 is 0 Å². The van der Waals surface area contributed by atoms with Gasteiger partial charge in [-0.1, -0.05) is 32.1 Å². The van der Waals surface area contributed by atoms with Crippen LogP contribution in [-0.2, 0) is 9.53 Å². The van der Waals surface area contributed by atoms with E-state index in [-0.39, 0.29) is 18.6 Å². The van der Waals surface area contributed by atoms with Crippen LogP contribution in [0.4, 0.5) is 0 Å². The second-order valence-electron chi connectivity index (χ2n) is 3.74. The number of nitrogens with two attached hydrogens (primary N) is 1. The molecule has 0 aromatic rings. The summed E-state index contributed by atoms with van der Waals surface area (Å²) in [6.07, 6.45) is 8.86. The zero-order valence-corrected chi connectivity index (χ0v) is 8.13. The summed E-state index contributed by atoms with van der Waals surface area (Å²) < 4.78 is 5.41. The summed E-state index contributed by atoms with van der Waals surface area (Å²) >= 11 is 0. The quantitative estimate of drug-likeness (QED) is 0.726. The van der Waals surface area contributed by atoms with Crippen molar-refractivity contribution in [3.63, 3.8) is 0 Å². The van der Waals surface area contributed by atoms with E-state index in [1.54, 1.807) is 0 Å². The first-order chi connectivity index (χ1) is 6.29. The minimum absolute atomic E-state index is 0.0880. The van der Waals surface area contributed by atoms with Crippen molar-refractivity contribution in [3.8, 4) is 0 Å². The molecule has 1 aliphatic carbocycles. The van der Waals surface area contributed by atoms with Crippen LogP contribution in [0.3, 0.4) is 0 Å². The Morgan fingerprint density at radius 1 is 1.15 bits per heavy atom. The lowest BCUT2D eigenvalue weighted by Crippen LogP contribution is -2.24. The first-order valence-electron chi connectivity index (χ1n) is 5.19. The summed E-state index contributed by atoms with van der Waals surface area (Å²) in [6, 6.07) is 0. The molecule has 0 unspecified atom stereocenters. The van der Waals surface area contributed by atoms with Gasteiger partial charge in [0, 0.05) is 0 Å². The van der Waals surface area contributed by atoms with Crippen LogP contribution in [0.25, 0.3) is 0 Å². The number of primary amides is 1. The highest BCUT2D eigenvalue weighted by Gasteiger charge is 2.12. The van der Waals surface area contributed by atoms with Crippen LogP contribution in [0, 0.1) is 0 Å². The van der Waals surface area contributed by atoms with Gasteiger partial charge in [0.25, 0.3) is 0 Å². The topological polar surface area (TPSA) is 52.3 Å². The maximum atomic E-state index is 10.5. The molecule has 1 saturated carbocycles. The number of ether oxygens (including phenoxy) is 1. The van der Waals surface area contributed by atoms with E-state index in [1.165, 1.54) is 32.1 Å². The second-order valence-corrected chi connectivity index (χ2v) is 3.74. The summed E-state index contributed by atoms with van der Waals surface area (Å²) in [5.74, 6) is -0.359.